The summed E-state index contributed by atoms with van der Waals surface area (Å²) < 4.78 is 0. The Morgan fingerprint density at radius 3 is 2.84 bits per heavy atom. The molecule has 2 heterocycles. The monoisotopic (exact) mass is 301 g/mol. The first kappa shape index (κ1) is 15.2. The summed E-state index contributed by atoms with van der Waals surface area (Å²) in [5.74, 6) is 0. The van der Waals surface area contributed by atoms with Crippen molar-refractivity contribution < 1.29 is 0 Å². The van der Waals surface area contributed by atoms with Crippen molar-refractivity contribution in [3.8, 4) is 0 Å². The SMILES string of the molecule is Cc1ncsc1CN1CCNCC12CCCCC2.Cl. The van der Waals surface area contributed by atoms with E-state index in [1.807, 2.05) is 16.8 Å². The highest BCUT2D eigenvalue weighted by Gasteiger charge is 2.39. The van der Waals surface area contributed by atoms with E-state index < -0.39 is 0 Å². The summed E-state index contributed by atoms with van der Waals surface area (Å²) in [6.45, 7) is 6.77. The van der Waals surface area contributed by atoms with Gasteiger partial charge in [-0.15, -0.1) is 23.7 Å². The lowest BCUT2D eigenvalue weighted by atomic mass is 9.79. The first-order chi connectivity index (χ1) is 8.80. The normalized spacial score (nSPS) is 23.2. The van der Waals surface area contributed by atoms with Crippen molar-refractivity contribution >= 4 is 23.7 Å². The molecule has 19 heavy (non-hydrogen) atoms. The largest absolute Gasteiger partial charge is 0.314 e. The zero-order valence-corrected chi connectivity index (χ0v) is 13.3. The van der Waals surface area contributed by atoms with Crippen molar-refractivity contribution in [3.05, 3.63) is 16.1 Å². The minimum absolute atomic E-state index is 0. The lowest BCUT2D eigenvalue weighted by Gasteiger charge is -2.49. The summed E-state index contributed by atoms with van der Waals surface area (Å²) in [5.41, 5.74) is 3.65. The van der Waals surface area contributed by atoms with Crippen LogP contribution in [0.3, 0.4) is 0 Å². The molecule has 2 aliphatic rings. The van der Waals surface area contributed by atoms with Crippen LogP contribution in [-0.2, 0) is 6.54 Å². The van der Waals surface area contributed by atoms with E-state index in [0.717, 1.165) is 13.1 Å². The maximum Gasteiger partial charge on any atom is 0.0798 e. The Morgan fingerprint density at radius 1 is 1.37 bits per heavy atom. The van der Waals surface area contributed by atoms with Crippen molar-refractivity contribution in [2.45, 2.75) is 51.1 Å². The molecule has 0 radical (unpaired) electrons. The third-order valence-electron chi connectivity index (χ3n) is 4.65. The molecule has 5 heteroatoms. The number of thiazole rings is 1. The van der Waals surface area contributed by atoms with Gasteiger partial charge in [0.25, 0.3) is 0 Å². The maximum absolute atomic E-state index is 4.39. The highest BCUT2D eigenvalue weighted by atomic mass is 35.5. The van der Waals surface area contributed by atoms with E-state index in [-0.39, 0.29) is 12.4 Å². The highest BCUT2D eigenvalue weighted by Crippen LogP contribution is 2.36. The summed E-state index contributed by atoms with van der Waals surface area (Å²) in [7, 11) is 0. The van der Waals surface area contributed by atoms with E-state index in [9.17, 15) is 0 Å². The van der Waals surface area contributed by atoms with Gasteiger partial charge >= 0.3 is 0 Å². The van der Waals surface area contributed by atoms with Gasteiger partial charge in [-0.3, -0.25) is 4.90 Å². The molecule has 0 unspecified atom stereocenters. The molecule has 3 rings (SSSR count). The molecule has 1 N–H and O–H groups in total. The Morgan fingerprint density at radius 2 is 2.16 bits per heavy atom. The number of piperazine rings is 1. The molecule has 108 valence electrons. The summed E-state index contributed by atoms with van der Waals surface area (Å²) >= 11 is 1.82. The lowest BCUT2D eigenvalue weighted by molar-refractivity contribution is 0.0215. The molecule has 1 aromatic heterocycles. The molecule has 1 spiro atoms. The number of hydrogen-bond donors (Lipinski definition) is 1. The van der Waals surface area contributed by atoms with E-state index in [1.165, 1.54) is 55.8 Å². The van der Waals surface area contributed by atoms with Crippen molar-refractivity contribution in [2.75, 3.05) is 19.6 Å². The summed E-state index contributed by atoms with van der Waals surface area (Å²) in [6, 6.07) is 0. The quantitative estimate of drug-likeness (QED) is 0.910. The summed E-state index contributed by atoms with van der Waals surface area (Å²) in [5, 5.41) is 3.62. The summed E-state index contributed by atoms with van der Waals surface area (Å²) in [4.78, 5) is 8.59. The fourth-order valence-electron chi connectivity index (χ4n) is 3.49. The Kier molecular flexibility index (Phi) is 5.23. The number of halogens is 1. The Hall–Kier alpha value is -0.160. The molecule has 1 saturated heterocycles. The van der Waals surface area contributed by atoms with Gasteiger partial charge < -0.3 is 5.32 Å². The van der Waals surface area contributed by atoms with E-state index in [4.69, 9.17) is 0 Å². The van der Waals surface area contributed by atoms with Crippen LogP contribution in [0.15, 0.2) is 5.51 Å². The minimum atomic E-state index is 0. The minimum Gasteiger partial charge on any atom is -0.314 e. The van der Waals surface area contributed by atoms with Crippen LogP contribution >= 0.6 is 23.7 Å². The zero-order chi connectivity index (χ0) is 12.4. The van der Waals surface area contributed by atoms with E-state index in [0.29, 0.717) is 5.54 Å². The molecule has 3 nitrogen and oxygen atoms in total. The first-order valence-electron chi connectivity index (χ1n) is 7.15. The van der Waals surface area contributed by atoms with E-state index in [2.05, 4.69) is 22.1 Å². The number of hydrogen-bond acceptors (Lipinski definition) is 4. The molecule has 1 saturated carbocycles. The van der Waals surface area contributed by atoms with Crippen LogP contribution < -0.4 is 5.32 Å². The molecule has 2 fully saturated rings. The fourth-order valence-corrected chi connectivity index (χ4v) is 4.28. The van der Waals surface area contributed by atoms with E-state index >= 15 is 0 Å². The average molecular weight is 302 g/mol. The Labute approximate surface area is 126 Å². The van der Waals surface area contributed by atoms with Gasteiger partial charge in [-0.2, -0.15) is 0 Å². The molecule has 0 amide bonds. The molecule has 0 atom stereocenters. The van der Waals surface area contributed by atoms with Gasteiger partial charge in [0.1, 0.15) is 0 Å². The topological polar surface area (TPSA) is 28.2 Å². The third-order valence-corrected chi connectivity index (χ3v) is 5.57. The number of rotatable bonds is 2. The van der Waals surface area contributed by atoms with Crippen molar-refractivity contribution in [1.29, 1.82) is 0 Å². The number of aryl methyl sites for hydroxylation is 1. The van der Waals surface area contributed by atoms with Gasteiger partial charge in [-0.1, -0.05) is 19.3 Å². The lowest BCUT2D eigenvalue weighted by Crippen LogP contribution is -2.61. The van der Waals surface area contributed by atoms with E-state index in [1.54, 1.807) is 0 Å². The first-order valence-corrected chi connectivity index (χ1v) is 8.03. The number of aromatic nitrogens is 1. The standard InChI is InChI=1S/C14H23N3S.ClH/c1-12-13(18-11-16-12)9-17-8-7-15-10-14(17)5-3-2-4-6-14;/h11,15H,2-10H2,1H3;1H. The smallest absolute Gasteiger partial charge is 0.0798 e. The van der Waals surface area contributed by atoms with Crippen LogP contribution in [0, 0.1) is 6.92 Å². The molecule has 0 bridgehead atoms. The van der Waals surface area contributed by atoms with Crippen molar-refractivity contribution in [3.63, 3.8) is 0 Å². The highest BCUT2D eigenvalue weighted by molar-refractivity contribution is 7.09. The molecule has 0 aromatic carbocycles. The molecule has 1 aliphatic heterocycles. The van der Waals surface area contributed by atoms with Crippen LogP contribution in [0.1, 0.15) is 42.7 Å². The Balaban J connectivity index is 0.00000133. The second-order valence-corrected chi connectivity index (χ2v) is 6.68. The van der Waals surface area contributed by atoms with Crippen molar-refractivity contribution in [1.82, 2.24) is 15.2 Å². The molecular weight excluding hydrogens is 278 g/mol. The zero-order valence-electron chi connectivity index (χ0n) is 11.7. The van der Waals surface area contributed by atoms with Crippen LogP contribution in [-0.4, -0.2) is 35.1 Å². The predicted octanol–water partition coefficient (Wildman–Crippen LogP) is 2.98. The second kappa shape index (κ2) is 6.53. The van der Waals surface area contributed by atoms with Crippen LogP contribution in [0.4, 0.5) is 0 Å². The average Bonchev–Trinajstić information content (AvgIpc) is 2.79. The third kappa shape index (κ3) is 3.13. The maximum atomic E-state index is 4.39. The fraction of sp³-hybridized carbons (Fsp3) is 0.786. The van der Waals surface area contributed by atoms with Crippen LogP contribution in [0.2, 0.25) is 0 Å². The van der Waals surface area contributed by atoms with Gasteiger partial charge in [0.05, 0.1) is 11.2 Å². The van der Waals surface area contributed by atoms with Crippen molar-refractivity contribution in [2.24, 2.45) is 0 Å². The van der Waals surface area contributed by atoms with Gasteiger partial charge in [0.2, 0.25) is 0 Å². The van der Waals surface area contributed by atoms with Gasteiger partial charge in [-0.05, 0) is 19.8 Å². The van der Waals surface area contributed by atoms with Gasteiger partial charge in [-0.25, -0.2) is 4.98 Å². The Bertz CT molecular complexity index is 393. The molecule has 1 aromatic rings. The second-order valence-electron chi connectivity index (χ2n) is 5.74. The number of nitrogens with zero attached hydrogens (tertiary/aromatic N) is 2. The van der Waals surface area contributed by atoms with Gasteiger partial charge in [0.15, 0.2) is 0 Å². The molecular formula is C14H24ClN3S. The van der Waals surface area contributed by atoms with Crippen LogP contribution in [0.25, 0.3) is 0 Å². The molecule has 1 aliphatic carbocycles. The van der Waals surface area contributed by atoms with Crippen LogP contribution in [0.5, 0.6) is 0 Å². The predicted molar refractivity (Wildman–Crippen MR) is 83.2 cm³/mol. The number of nitrogens with one attached hydrogen (secondary N) is 1. The summed E-state index contributed by atoms with van der Waals surface area (Å²) in [6.07, 6.45) is 6.98. The van der Waals surface area contributed by atoms with Gasteiger partial charge in [0, 0.05) is 36.6 Å².